The van der Waals surface area contributed by atoms with Gasteiger partial charge in [0.1, 0.15) is 11.5 Å². The number of fused-ring (bicyclic) bond motifs is 1. The van der Waals surface area contributed by atoms with Gasteiger partial charge in [0.05, 0.1) is 4.88 Å². The number of imidazole rings is 1. The maximum Gasteiger partial charge on any atom is 0.273 e. The van der Waals surface area contributed by atoms with Crippen LogP contribution in [-0.4, -0.2) is 34.3 Å². The lowest BCUT2D eigenvalue weighted by molar-refractivity contribution is 0.0822. The smallest absolute Gasteiger partial charge is 0.273 e. The molecule has 20 heavy (non-hydrogen) atoms. The maximum absolute atomic E-state index is 12.9. The number of benzene rings is 1. The van der Waals surface area contributed by atoms with Gasteiger partial charge < -0.3 is 4.90 Å². The van der Waals surface area contributed by atoms with Crippen molar-refractivity contribution in [2.24, 2.45) is 0 Å². The summed E-state index contributed by atoms with van der Waals surface area (Å²) in [4.78, 5) is 19.4. The minimum atomic E-state index is -0.256. The zero-order valence-corrected chi connectivity index (χ0v) is 11.8. The Bertz CT molecular complexity index is 742. The fourth-order valence-corrected chi connectivity index (χ4v) is 2.85. The predicted octanol–water partition coefficient (Wildman–Crippen LogP) is 2.90. The van der Waals surface area contributed by atoms with Crippen LogP contribution in [0.4, 0.5) is 4.39 Å². The molecule has 0 N–H and O–H groups in total. The fraction of sp³-hybridized carbons (Fsp3) is 0.143. The first-order valence-electron chi connectivity index (χ1n) is 6.01. The molecule has 3 aromatic rings. The molecule has 0 fully saturated rings. The third-order valence-electron chi connectivity index (χ3n) is 2.91. The predicted molar refractivity (Wildman–Crippen MR) is 76.5 cm³/mol. The number of aromatic nitrogens is 2. The summed E-state index contributed by atoms with van der Waals surface area (Å²) in [5.41, 5.74) is 1.36. The van der Waals surface area contributed by atoms with Crippen LogP contribution < -0.4 is 0 Å². The fourth-order valence-electron chi connectivity index (χ4n) is 1.88. The molecule has 1 aromatic carbocycles. The highest BCUT2D eigenvalue weighted by molar-refractivity contribution is 7.20. The van der Waals surface area contributed by atoms with E-state index < -0.39 is 0 Å². The Labute approximate surface area is 119 Å². The second kappa shape index (κ2) is 4.72. The van der Waals surface area contributed by atoms with Crippen molar-refractivity contribution < 1.29 is 9.18 Å². The summed E-state index contributed by atoms with van der Waals surface area (Å²) in [5.74, 6) is -0.377. The van der Waals surface area contributed by atoms with Gasteiger partial charge in [0.2, 0.25) is 0 Å². The van der Waals surface area contributed by atoms with Crippen LogP contribution in [0.5, 0.6) is 0 Å². The van der Waals surface area contributed by atoms with E-state index in [1.807, 2.05) is 10.6 Å². The lowest BCUT2D eigenvalue weighted by Crippen LogP contribution is -2.21. The van der Waals surface area contributed by atoms with E-state index in [0.29, 0.717) is 5.69 Å². The van der Waals surface area contributed by atoms with Crippen LogP contribution in [0.1, 0.15) is 10.5 Å². The topological polar surface area (TPSA) is 37.6 Å². The van der Waals surface area contributed by atoms with Crippen molar-refractivity contribution in [2.75, 3.05) is 14.1 Å². The Morgan fingerprint density at radius 2 is 1.95 bits per heavy atom. The maximum atomic E-state index is 12.9. The minimum Gasteiger partial charge on any atom is -0.343 e. The number of nitrogens with zero attached hydrogens (tertiary/aromatic N) is 3. The Hall–Kier alpha value is -2.21. The van der Waals surface area contributed by atoms with Gasteiger partial charge in [0, 0.05) is 26.5 Å². The van der Waals surface area contributed by atoms with Gasteiger partial charge in [-0.25, -0.2) is 9.37 Å². The van der Waals surface area contributed by atoms with Crippen LogP contribution in [0.25, 0.3) is 15.4 Å². The molecule has 0 aliphatic rings. The molecule has 0 spiro atoms. The average Bonchev–Trinajstić information content (AvgIpc) is 2.96. The molecule has 0 unspecified atom stereocenters. The molecule has 0 saturated carbocycles. The Morgan fingerprint density at radius 3 is 2.55 bits per heavy atom. The highest BCUT2D eigenvalue weighted by atomic mass is 32.1. The monoisotopic (exact) mass is 289 g/mol. The first-order valence-corrected chi connectivity index (χ1v) is 6.82. The van der Waals surface area contributed by atoms with Crippen molar-refractivity contribution in [3.8, 4) is 10.4 Å². The van der Waals surface area contributed by atoms with Crippen LogP contribution in [0.15, 0.2) is 36.7 Å². The van der Waals surface area contributed by atoms with E-state index in [0.717, 1.165) is 15.4 Å². The SMILES string of the molecule is CN(C)C(=O)c1cn2cc(-c3ccc(F)cc3)sc2n1. The number of carbonyl (C=O) groups excluding carboxylic acids is 1. The zero-order chi connectivity index (χ0) is 14.3. The van der Waals surface area contributed by atoms with Crippen molar-refractivity contribution in [2.45, 2.75) is 0 Å². The molecule has 0 bridgehead atoms. The molecule has 1 amide bonds. The third-order valence-corrected chi connectivity index (χ3v) is 3.96. The quantitative estimate of drug-likeness (QED) is 0.727. The lowest BCUT2D eigenvalue weighted by Gasteiger charge is -2.06. The van der Waals surface area contributed by atoms with E-state index in [-0.39, 0.29) is 11.7 Å². The number of rotatable bonds is 2. The van der Waals surface area contributed by atoms with Crippen LogP contribution in [-0.2, 0) is 0 Å². The first kappa shape index (κ1) is 12.8. The molecule has 2 aromatic heterocycles. The molecular formula is C14H12FN3OS. The number of thiazole rings is 1. The number of amides is 1. The number of carbonyl (C=O) groups is 1. The molecule has 0 radical (unpaired) electrons. The highest BCUT2D eigenvalue weighted by Crippen LogP contribution is 2.28. The van der Waals surface area contributed by atoms with Crippen molar-refractivity contribution in [1.82, 2.24) is 14.3 Å². The lowest BCUT2D eigenvalue weighted by atomic mass is 10.2. The van der Waals surface area contributed by atoms with Crippen molar-refractivity contribution in [3.63, 3.8) is 0 Å². The van der Waals surface area contributed by atoms with E-state index in [4.69, 9.17) is 0 Å². The van der Waals surface area contributed by atoms with Gasteiger partial charge in [-0.15, -0.1) is 0 Å². The van der Waals surface area contributed by atoms with Crippen molar-refractivity contribution >= 4 is 22.2 Å². The van der Waals surface area contributed by atoms with Crippen molar-refractivity contribution in [1.29, 1.82) is 0 Å². The Morgan fingerprint density at radius 1 is 1.25 bits per heavy atom. The van der Waals surface area contributed by atoms with Gasteiger partial charge in [-0.05, 0) is 17.7 Å². The molecule has 102 valence electrons. The van der Waals surface area contributed by atoms with E-state index >= 15 is 0 Å². The normalized spacial score (nSPS) is 10.9. The number of hydrogen-bond donors (Lipinski definition) is 0. The summed E-state index contributed by atoms with van der Waals surface area (Å²) < 4.78 is 14.7. The minimum absolute atomic E-state index is 0.121. The second-order valence-corrected chi connectivity index (χ2v) is 5.63. The number of halogens is 1. The van der Waals surface area contributed by atoms with Crippen LogP contribution >= 0.6 is 11.3 Å². The second-order valence-electron chi connectivity index (χ2n) is 4.62. The standard InChI is InChI=1S/C14H12FN3OS/c1-17(2)13(19)11-7-18-8-12(20-14(18)16-11)9-3-5-10(15)6-4-9/h3-8H,1-2H3. The Balaban J connectivity index is 1.98. The summed E-state index contributed by atoms with van der Waals surface area (Å²) in [6.07, 6.45) is 3.61. The summed E-state index contributed by atoms with van der Waals surface area (Å²) >= 11 is 1.46. The zero-order valence-electron chi connectivity index (χ0n) is 11.0. The van der Waals surface area contributed by atoms with Crippen LogP contribution in [0, 0.1) is 5.82 Å². The Kier molecular flexibility index (Phi) is 3.02. The van der Waals surface area contributed by atoms with Gasteiger partial charge in [0.25, 0.3) is 5.91 Å². The summed E-state index contributed by atoms with van der Waals surface area (Å²) in [7, 11) is 3.39. The molecule has 6 heteroatoms. The van der Waals surface area contributed by atoms with Crippen LogP contribution in [0.2, 0.25) is 0 Å². The highest BCUT2D eigenvalue weighted by Gasteiger charge is 2.14. The largest absolute Gasteiger partial charge is 0.343 e. The molecule has 3 rings (SSSR count). The van der Waals surface area contributed by atoms with E-state index in [1.54, 1.807) is 32.4 Å². The van der Waals surface area contributed by atoms with E-state index in [9.17, 15) is 9.18 Å². The van der Waals surface area contributed by atoms with Gasteiger partial charge in [-0.3, -0.25) is 9.20 Å². The molecule has 0 aliphatic carbocycles. The van der Waals surface area contributed by atoms with Gasteiger partial charge in [-0.1, -0.05) is 23.5 Å². The molecule has 4 nitrogen and oxygen atoms in total. The van der Waals surface area contributed by atoms with Crippen molar-refractivity contribution in [3.05, 3.63) is 48.2 Å². The van der Waals surface area contributed by atoms with Gasteiger partial charge >= 0.3 is 0 Å². The first-order chi connectivity index (χ1) is 9.54. The van der Waals surface area contributed by atoms with Gasteiger partial charge in [0.15, 0.2) is 4.96 Å². The van der Waals surface area contributed by atoms with E-state index in [2.05, 4.69) is 4.98 Å². The molecular weight excluding hydrogens is 277 g/mol. The third kappa shape index (κ3) is 2.18. The van der Waals surface area contributed by atoms with Crippen LogP contribution in [0.3, 0.4) is 0 Å². The molecule has 0 atom stereocenters. The summed E-state index contributed by atoms with van der Waals surface area (Å²) in [6, 6.07) is 6.32. The van der Waals surface area contributed by atoms with Gasteiger partial charge in [-0.2, -0.15) is 0 Å². The average molecular weight is 289 g/mol. The summed E-state index contributed by atoms with van der Waals surface area (Å²) in [5, 5.41) is 0. The molecule has 0 saturated heterocycles. The molecule has 0 aliphatic heterocycles. The summed E-state index contributed by atoms with van der Waals surface area (Å²) in [6.45, 7) is 0. The van der Waals surface area contributed by atoms with E-state index in [1.165, 1.54) is 28.4 Å². The molecule has 2 heterocycles. The number of hydrogen-bond acceptors (Lipinski definition) is 3.